The predicted molar refractivity (Wildman–Crippen MR) is 125 cm³/mol. The number of ether oxygens (including phenoxy) is 4. The van der Waals surface area contributed by atoms with Gasteiger partial charge in [-0.25, -0.2) is 0 Å². The number of hydrogen-bond acceptors (Lipinski definition) is 7. The van der Waals surface area contributed by atoms with Crippen LogP contribution >= 0.6 is 11.6 Å². The topological polar surface area (TPSA) is 91.3 Å². The van der Waals surface area contributed by atoms with Gasteiger partial charge in [0.2, 0.25) is 0 Å². The van der Waals surface area contributed by atoms with Gasteiger partial charge in [-0.2, -0.15) is 0 Å². The molecule has 0 unspecified atom stereocenters. The highest BCUT2D eigenvalue weighted by Crippen LogP contribution is 2.33. The van der Waals surface area contributed by atoms with Crippen LogP contribution in [0.1, 0.15) is 38.8 Å². The third-order valence-corrected chi connectivity index (χ3v) is 5.37. The van der Waals surface area contributed by atoms with Gasteiger partial charge in [-0.15, -0.1) is 11.6 Å². The summed E-state index contributed by atoms with van der Waals surface area (Å²) >= 11 is 5.59. The first-order chi connectivity index (χ1) is 15.6. The average molecular weight is 479 g/mol. The van der Waals surface area contributed by atoms with E-state index in [1.54, 1.807) is 0 Å². The minimum Gasteiger partial charge on any atom is -0.491 e. The Labute approximate surface area is 199 Å². The first kappa shape index (κ1) is 26.5. The molecule has 0 aliphatic heterocycles. The molecule has 180 valence electrons. The second-order valence-electron chi connectivity index (χ2n) is 8.14. The van der Waals surface area contributed by atoms with Gasteiger partial charge in [0.1, 0.15) is 37.4 Å². The largest absolute Gasteiger partial charge is 0.491 e. The zero-order valence-electron chi connectivity index (χ0n) is 19.4. The molecule has 33 heavy (non-hydrogen) atoms. The Morgan fingerprint density at radius 2 is 1.33 bits per heavy atom. The standard InChI is InChI=1S/C25H31ClO7/c1-17(27)30-15-24(33-18(2)28)16-32-23-11-7-20(8-12-23)25(3,4)19-5-9-22(10-6-19)31-14-21(29)13-26/h5-12,21,24,29H,13-16H2,1-4H3/t21-,24+/m0/s1. The third-order valence-electron chi connectivity index (χ3n) is 5.01. The van der Waals surface area contributed by atoms with Crippen molar-refractivity contribution in [1.29, 1.82) is 0 Å². The summed E-state index contributed by atoms with van der Waals surface area (Å²) in [5.74, 6) is 0.474. The molecule has 0 aliphatic rings. The summed E-state index contributed by atoms with van der Waals surface area (Å²) in [6.45, 7) is 6.96. The molecule has 0 amide bonds. The van der Waals surface area contributed by atoms with Crippen LogP contribution in [0.3, 0.4) is 0 Å². The molecule has 1 N–H and O–H groups in total. The summed E-state index contributed by atoms with van der Waals surface area (Å²) in [5, 5.41) is 9.52. The lowest BCUT2D eigenvalue weighted by Crippen LogP contribution is -2.29. The molecule has 0 bridgehead atoms. The van der Waals surface area contributed by atoms with Crippen LogP contribution in [0.2, 0.25) is 0 Å². The molecule has 0 aromatic heterocycles. The first-order valence-electron chi connectivity index (χ1n) is 10.6. The van der Waals surface area contributed by atoms with Crippen molar-refractivity contribution in [3.05, 3.63) is 59.7 Å². The van der Waals surface area contributed by atoms with E-state index in [0.29, 0.717) is 11.5 Å². The number of halogens is 1. The summed E-state index contributed by atoms with van der Waals surface area (Å²) in [4.78, 5) is 22.3. The average Bonchev–Trinajstić information content (AvgIpc) is 2.79. The molecule has 0 fully saturated rings. The van der Waals surface area contributed by atoms with Gasteiger partial charge in [0.05, 0.1) is 5.88 Å². The smallest absolute Gasteiger partial charge is 0.303 e. The molecule has 2 rings (SSSR count). The lowest BCUT2D eigenvalue weighted by Gasteiger charge is -2.26. The zero-order valence-corrected chi connectivity index (χ0v) is 20.1. The number of rotatable bonds is 12. The summed E-state index contributed by atoms with van der Waals surface area (Å²) in [7, 11) is 0. The third kappa shape index (κ3) is 8.59. The molecule has 2 aromatic rings. The number of aliphatic hydroxyl groups excluding tert-OH is 1. The minimum atomic E-state index is -0.700. The van der Waals surface area contributed by atoms with Crippen LogP contribution in [0.5, 0.6) is 11.5 Å². The first-order valence-corrected chi connectivity index (χ1v) is 11.2. The van der Waals surface area contributed by atoms with Crippen LogP contribution < -0.4 is 9.47 Å². The molecule has 0 aliphatic carbocycles. The fraction of sp³-hybridized carbons (Fsp3) is 0.440. The van der Waals surface area contributed by atoms with E-state index in [-0.39, 0.29) is 31.1 Å². The van der Waals surface area contributed by atoms with Gasteiger partial charge in [0.15, 0.2) is 6.10 Å². The Morgan fingerprint density at radius 1 is 0.848 bits per heavy atom. The van der Waals surface area contributed by atoms with Crippen LogP contribution in [0.15, 0.2) is 48.5 Å². The Hall–Kier alpha value is -2.77. The van der Waals surface area contributed by atoms with Gasteiger partial charge in [-0.1, -0.05) is 38.1 Å². The van der Waals surface area contributed by atoms with Crippen molar-refractivity contribution in [3.8, 4) is 11.5 Å². The van der Waals surface area contributed by atoms with Crippen LogP contribution in [0.25, 0.3) is 0 Å². The van der Waals surface area contributed by atoms with Crippen molar-refractivity contribution < 1.29 is 33.6 Å². The highest BCUT2D eigenvalue weighted by atomic mass is 35.5. The molecule has 0 heterocycles. The van der Waals surface area contributed by atoms with Crippen molar-refractivity contribution in [2.45, 2.75) is 45.3 Å². The molecular formula is C25H31ClO7. The molecule has 0 spiro atoms. The van der Waals surface area contributed by atoms with Gasteiger partial charge in [0.25, 0.3) is 0 Å². The number of esters is 2. The van der Waals surface area contributed by atoms with E-state index in [0.717, 1.165) is 11.1 Å². The summed E-state index contributed by atoms with van der Waals surface area (Å²) in [6.07, 6.45) is -1.39. The Morgan fingerprint density at radius 3 is 1.76 bits per heavy atom. The molecule has 8 heteroatoms. The SMILES string of the molecule is CC(=O)OC[C@H](COc1ccc(C(C)(C)c2ccc(OC[C@@H](O)CCl)cc2)cc1)OC(C)=O. The second-order valence-corrected chi connectivity index (χ2v) is 8.45. The van der Waals surface area contributed by atoms with Crippen molar-refractivity contribution in [1.82, 2.24) is 0 Å². The maximum absolute atomic E-state index is 11.3. The van der Waals surface area contributed by atoms with E-state index >= 15 is 0 Å². The summed E-state index contributed by atoms with van der Waals surface area (Å²) in [6, 6.07) is 15.4. The molecule has 2 atom stereocenters. The zero-order chi connectivity index (χ0) is 24.4. The fourth-order valence-electron chi connectivity index (χ4n) is 3.09. The monoisotopic (exact) mass is 478 g/mol. The number of carbonyl (C=O) groups excluding carboxylic acids is 2. The van der Waals surface area contributed by atoms with E-state index < -0.39 is 24.1 Å². The Bertz CT molecular complexity index is 894. The van der Waals surface area contributed by atoms with Crippen LogP contribution in [0.4, 0.5) is 0 Å². The molecule has 0 radical (unpaired) electrons. The van der Waals surface area contributed by atoms with E-state index in [1.807, 2.05) is 48.5 Å². The number of carbonyl (C=O) groups is 2. The van der Waals surface area contributed by atoms with Gasteiger partial charge in [0, 0.05) is 19.3 Å². The van der Waals surface area contributed by atoms with E-state index in [9.17, 15) is 14.7 Å². The maximum atomic E-state index is 11.3. The normalized spacial score (nSPS) is 13.0. The van der Waals surface area contributed by atoms with Crippen LogP contribution in [-0.2, 0) is 24.5 Å². The predicted octanol–water partition coefficient (Wildman–Crippen LogP) is 3.86. The second kappa shape index (κ2) is 12.5. The highest BCUT2D eigenvalue weighted by Gasteiger charge is 2.23. The number of aliphatic hydroxyl groups is 1. The molecular weight excluding hydrogens is 448 g/mol. The quantitative estimate of drug-likeness (QED) is 0.366. The van der Waals surface area contributed by atoms with Gasteiger partial charge in [-0.05, 0) is 35.4 Å². The van der Waals surface area contributed by atoms with Crippen molar-refractivity contribution in [3.63, 3.8) is 0 Å². The lowest BCUT2D eigenvalue weighted by atomic mass is 9.78. The highest BCUT2D eigenvalue weighted by molar-refractivity contribution is 6.18. The Balaban J connectivity index is 2.00. The molecule has 0 saturated carbocycles. The fourth-order valence-corrected chi connectivity index (χ4v) is 3.18. The van der Waals surface area contributed by atoms with Crippen molar-refractivity contribution in [2.75, 3.05) is 25.7 Å². The summed E-state index contributed by atoms with van der Waals surface area (Å²) < 4.78 is 21.3. The van der Waals surface area contributed by atoms with E-state index in [1.165, 1.54) is 13.8 Å². The number of alkyl halides is 1. The molecule has 7 nitrogen and oxygen atoms in total. The van der Waals surface area contributed by atoms with Crippen LogP contribution in [0, 0.1) is 0 Å². The summed E-state index contributed by atoms with van der Waals surface area (Å²) in [5.41, 5.74) is 1.90. The van der Waals surface area contributed by atoms with Crippen LogP contribution in [-0.4, -0.2) is 55.0 Å². The van der Waals surface area contributed by atoms with Gasteiger partial charge >= 0.3 is 11.9 Å². The van der Waals surface area contributed by atoms with Crippen molar-refractivity contribution in [2.24, 2.45) is 0 Å². The number of benzene rings is 2. The molecule has 0 saturated heterocycles. The van der Waals surface area contributed by atoms with E-state index in [2.05, 4.69) is 13.8 Å². The lowest BCUT2D eigenvalue weighted by molar-refractivity contribution is -0.158. The van der Waals surface area contributed by atoms with Crippen molar-refractivity contribution >= 4 is 23.5 Å². The maximum Gasteiger partial charge on any atom is 0.303 e. The van der Waals surface area contributed by atoms with Gasteiger partial charge < -0.3 is 24.1 Å². The Kier molecular flexibility index (Phi) is 10.0. The molecule has 2 aromatic carbocycles. The van der Waals surface area contributed by atoms with E-state index in [4.69, 9.17) is 30.5 Å². The minimum absolute atomic E-state index is 0.0649. The van der Waals surface area contributed by atoms with Gasteiger partial charge in [-0.3, -0.25) is 9.59 Å². The number of hydrogen-bond donors (Lipinski definition) is 1.